The molecule has 5 nitrogen and oxygen atoms in total. The van der Waals surface area contributed by atoms with Gasteiger partial charge in [-0.1, -0.05) is 35.9 Å². The third-order valence-electron chi connectivity index (χ3n) is 3.95. The number of halogens is 2. The van der Waals surface area contributed by atoms with Crippen LogP contribution in [0.1, 0.15) is 11.1 Å². The van der Waals surface area contributed by atoms with Gasteiger partial charge < -0.3 is 5.32 Å². The van der Waals surface area contributed by atoms with E-state index in [0.717, 1.165) is 22.2 Å². The lowest BCUT2D eigenvalue weighted by atomic mass is 10.1. The third kappa shape index (κ3) is 5.21. The number of carbonyl (C=O) groups is 3. The molecule has 0 radical (unpaired) electrons. The number of rotatable bonds is 6. The Morgan fingerprint density at radius 3 is 2.64 bits per heavy atom. The third-order valence-corrected chi connectivity index (χ3v) is 5.10. The Morgan fingerprint density at radius 2 is 1.93 bits per heavy atom. The van der Waals surface area contributed by atoms with E-state index in [9.17, 15) is 18.8 Å². The van der Waals surface area contributed by atoms with E-state index >= 15 is 0 Å². The van der Waals surface area contributed by atoms with E-state index in [0.29, 0.717) is 10.6 Å². The minimum absolute atomic E-state index is 0.0761. The first-order chi connectivity index (χ1) is 13.4. The molecular weight excluding hydrogens is 403 g/mol. The van der Waals surface area contributed by atoms with Gasteiger partial charge in [-0.15, -0.1) is 0 Å². The van der Waals surface area contributed by atoms with Crippen LogP contribution in [0.2, 0.25) is 5.02 Å². The number of nitrogens with zero attached hydrogens (tertiary/aromatic N) is 1. The first-order valence-corrected chi connectivity index (χ1v) is 9.64. The molecule has 0 atom stereocenters. The summed E-state index contributed by atoms with van der Waals surface area (Å²) in [5.74, 6) is -1.03. The maximum absolute atomic E-state index is 13.0. The zero-order chi connectivity index (χ0) is 20.1. The maximum atomic E-state index is 13.0. The van der Waals surface area contributed by atoms with E-state index in [1.165, 1.54) is 24.3 Å². The number of amides is 3. The van der Waals surface area contributed by atoms with Crippen LogP contribution in [0, 0.1) is 5.82 Å². The molecule has 1 aliphatic rings. The van der Waals surface area contributed by atoms with Crippen LogP contribution in [0.4, 0.5) is 9.18 Å². The first-order valence-electron chi connectivity index (χ1n) is 8.44. The Kier molecular flexibility index (Phi) is 6.49. The monoisotopic (exact) mass is 418 g/mol. The number of imide groups is 1. The van der Waals surface area contributed by atoms with Crippen molar-refractivity contribution < 1.29 is 18.8 Å². The fourth-order valence-corrected chi connectivity index (χ4v) is 3.68. The van der Waals surface area contributed by atoms with Crippen LogP contribution in [-0.4, -0.2) is 35.0 Å². The lowest BCUT2D eigenvalue weighted by Crippen LogP contribution is -2.37. The minimum atomic E-state index is -0.427. The van der Waals surface area contributed by atoms with E-state index < -0.39 is 11.1 Å². The molecule has 0 aliphatic carbocycles. The second-order valence-corrected chi connectivity index (χ2v) is 7.47. The number of carbonyl (C=O) groups excluding carboxylic acids is 3. The largest absolute Gasteiger partial charge is 0.354 e. The molecule has 0 bridgehead atoms. The number of nitrogens with one attached hydrogen (secondary N) is 1. The Labute approximate surface area is 170 Å². The molecule has 3 rings (SSSR count). The van der Waals surface area contributed by atoms with Gasteiger partial charge in [0.2, 0.25) is 5.91 Å². The summed E-state index contributed by atoms with van der Waals surface area (Å²) in [5.41, 5.74) is 1.40. The fraction of sp³-hybridized carbons (Fsp3) is 0.150. The lowest BCUT2D eigenvalue weighted by Gasteiger charge is -2.13. The van der Waals surface area contributed by atoms with Crippen LogP contribution in [0.5, 0.6) is 0 Å². The summed E-state index contributed by atoms with van der Waals surface area (Å²) in [6.45, 7) is 0.230. The molecule has 144 valence electrons. The van der Waals surface area contributed by atoms with Crippen LogP contribution in [0.15, 0.2) is 53.4 Å². The van der Waals surface area contributed by atoms with Gasteiger partial charge >= 0.3 is 0 Å². The maximum Gasteiger partial charge on any atom is 0.293 e. The highest BCUT2D eigenvalue weighted by Gasteiger charge is 2.34. The fourth-order valence-electron chi connectivity index (χ4n) is 2.61. The van der Waals surface area contributed by atoms with Gasteiger partial charge in [0, 0.05) is 18.1 Å². The highest BCUT2D eigenvalue weighted by Crippen LogP contribution is 2.31. The van der Waals surface area contributed by atoms with Crippen molar-refractivity contribution >= 4 is 46.5 Å². The topological polar surface area (TPSA) is 66.5 Å². The number of benzene rings is 2. The number of thioether (sulfide) groups is 1. The molecular formula is C20H16ClFN2O3S. The highest BCUT2D eigenvalue weighted by atomic mass is 35.5. The van der Waals surface area contributed by atoms with Crippen molar-refractivity contribution in [2.75, 3.05) is 13.1 Å². The zero-order valence-electron chi connectivity index (χ0n) is 14.7. The van der Waals surface area contributed by atoms with E-state index in [1.54, 1.807) is 30.3 Å². The average molecular weight is 419 g/mol. The van der Waals surface area contributed by atoms with Gasteiger partial charge in [0.1, 0.15) is 5.82 Å². The molecule has 2 aromatic carbocycles. The van der Waals surface area contributed by atoms with Gasteiger partial charge in [-0.05, 0) is 53.2 Å². The van der Waals surface area contributed by atoms with Crippen LogP contribution in [0.3, 0.4) is 0 Å². The van der Waals surface area contributed by atoms with Crippen molar-refractivity contribution in [3.8, 4) is 0 Å². The molecule has 1 saturated heterocycles. The predicted octanol–water partition coefficient (Wildman–Crippen LogP) is 3.87. The van der Waals surface area contributed by atoms with Gasteiger partial charge in [-0.3, -0.25) is 19.3 Å². The summed E-state index contributed by atoms with van der Waals surface area (Å²) in [6, 6.07) is 12.6. The molecule has 1 aliphatic heterocycles. The van der Waals surface area contributed by atoms with E-state index in [2.05, 4.69) is 5.32 Å². The smallest absolute Gasteiger partial charge is 0.293 e. The minimum Gasteiger partial charge on any atom is -0.354 e. The summed E-state index contributed by atoms with van der Waals surface area (Å²) < 4.78 is 13.0. The molecule has 1 fully saturated rings. The first kappa shape index (κ1) is 20.1. The summed E-state index contributed by atoms with van der Waals surface area (Å²) in [7, 11) is 0. The zero-order valence-corrected chi connectivity index (χ0v) is 16.2. The molecule has 0 saturated carbocycles. The molecule has 28 heavy (non-hydrogen) atoms. The normalized spacial score (nSPS) is 15.4. The molecule has 0 spiro atoms. The van der Waals surface area contributed by atoms with Crippen molar-refractivity contribution in [1.82, 2.24) is 10.2 Å². The van der Waals surface area contributed by atoms with E-state index in [1.807, 2.05) is 0 Å². The van der Waals surface area contributed by atoms with Crippen LogP contribution >= 0.6 is 23.4 Å². The van der Waals surface area contributed by atoms with Crippen molar-refractivity contribution in [2.45, 2.75) is 6.42 Å². The van der Waals surface area contributed by atoms with Crippen molar-refractivity contribution in [3.63, 3.8) is 0 Å². The molecule has 8 heteroatoms. The standard InChI is InChI=1S/C20H16ClFN2O3S/c21-15-3-1-2-14(10-15)12-18(25)23-8-9-24-19(26)17(28-20(24)27)11-13-4-6-16(22)7-5-13/h1-7,10-11H,8-9,12H2,(H,23,25). The Bertz CT molecular complexity index is 947. The summed E-state index contributed by atoms with van der Waals surface area (Å²) >= 11 is 6.71. The van der Waals surface area contributed by atoms with Crippen LogP contribution < -0.4 is 5.32 Å². The molecule has 3 amide bonds. The summed E-state index contributed by atoms with van der Waals surface area (Å²) in [5, 5.41) is 2.84. The average Bonchev–Trinajstić information content (AvgIpc) is 2.91. The van der Waals surface area contributed by atoms with Gasteiger partial charge in [-0.2, -0.15) is 0 Å². The van der Waals surface area contributed by atoms with Gasteiger partial charge in [0.15, 0.2) is 0 Å². The highest BCUT2D eigenvalue weighted by molar-refractivity contribution is 8.18. The Hall–Kier alpha value is -2.64. The lowest BCUT2D eigenvalue weighted by molar-refractivity contribution is -0.124. The van der Waals surface area contributed by atoms with Gasteiger partial charge in [-0.25, -0.2) is 4.39 Å². The Balaban J connectivity index is 1.53. The number of hydrogen-bond donors (Lipinski definition) is 1. The van der Waals surface area contributed by atoms with Crippen molar-refractivity contribution in [2.24, 2.45) is 0 Å². The molecule has 1 N–H and O–H groups in total. The van der Waals surface area contributed by atoms with Gasteiger partial charge in [0.05, 0.1) is 11.3 Å². The second kappa shape index (κ2) is 9.03. The van der Waals surface area contributed by atoms with Gasteiger partial charge in [0.25, 0.3) is 11.1 Å². The van der Waals surface area contributed by atoms with Crippen molar-refractivity contribution in [3.05, 3.63) is 75.4 Å². The van der Waals surface area contributed by atoms with E-state index in [4.69, 9.17) is 11.6 Å². The molecule has 2 aromatic rings. The van der Waals surface area contributed by atoms with Crippen LogP contribution in [0.25, 0.3) is 6.08 Å². The molecule has 1 heterocycles. The van der Waals surface area contributed by atoms with Crippen molar-refractivity contribution in [1.29, 1.82) is 0 Å². The second-order valence-electron chi connectivity index (χ2n) is 6.04. The number of hydrogen-bond acceptors (Lipinski definition) is 4. The van der Waals surface area contributed by atoms with E-state index in [-0.39, 0.29) is 36.1 Å². The van der Waals surface area contributed by atoms with Crippen LogP contribution in [-0.2, 0) is 16.0 Å². The summed E-state index contributed by atoms with van der Waals surface area (Å²) in [6.07, 6.45) is 1.70. The predicted molar refractivity (Wildman–Crippen MR) is 107 cm³/mol. The Morgan fingerprint density at radius 1 is 1.18 bits per heavy atom. The summed E-state index contributed by atoms with van der Waals surface area (Å²) in [4.78, 5) is 37.8. The quantitative estimate of drug-likeness (QED) is 0.723. The molecule has 0 aromatic heterocycles. The molecule has 0 unspecified atom stereocenters. The SMILES string of the molecule is O=C(Cc1cccc(Cl)c1)NCCN1C(=O)SC(=Cc2ccc(F)cc2)C1=O.